The summed E-state index contributed by atoms with van der Waals surface area (Å²) < 4.78 is 17.5. The molecule has 4 atom stereocenters. The van der Waals surface area contributed by atoms with Gasteiger partial charge in [0.05, 0.1) is 43.0 Å². The molecule has 2 aliphatic heterocycles. The van der Waals surface area contributed by atoms with Gasteiger partial charge in [-0.2, -0.15) is 5.10 Å². The maximum absolute atomic E-state index is 15.0. The fraction of sp³-hybridized carbons (Fsp3) is 0.343. The number of carbonyl (C=O) groups is 2. The smallest absolute Gasteiger partial charge is 0.347 e. The number of aromatic hydroxyl groups is 1. The molecule has 0 bridgehead atoms. The van der Waals surface area contributed by atoms with E-state index in [-0.39, 0.29) is 35.8 Å². The Kier molecular flexibility index (Phi) is 7.05. The Morgan fingerprint density at radius 2 is 1.80 bits per heavy atom. The second kappa shape index (κ2) is 11.0. The molecule has 13 nitrogen and oxygen atoms in total. The van der Waals surface area contributed by atoms with Gasteiger partial charge >= 0.3 is 11.4 Å². The number of phenols is 1. The number of thiophene rings is 1. The molecule has 1 saturated heterocycles. The molecule has 5 aromatic rings. The standard InChI is InChI=1S/C35H33ClN6O7S/c1-16-20-11-17(36)7-8-26(20)50-30(16)22-15-27(39(4)37-22)41-31(44)21-14-23-19(9-10-40-33(46)38(3)34(47)42(23)40)29(35(21,2)32(41)45)28-24(43)12-18(48-5)13-25(28)49-6/h7-9,11-13,15,21,23,29,43H,10,14H2,1-6H3/t21-,23+,29+,35+/m0/s1. The highest BCUT2D eigenvalue weighted by atomic mass is 35.5. The summed E-state index contributed by atoms with van der Waals surface area (Å²) in [5.74, 6) is -2.15. The Morgan fingerprint density at radius 1 is 1.04 bits per heavy atom. The number of aryl methyl sites for hydroxylation is 2. The van der Waals surface area contributed by atoms with Crippen molar-refractivity contribution in [3.63, 3.8) is 0 Å². The predicted octanol–water partition coefficient (Wildman–Crippen LogP) is 4.51. The zero-order valence-corrected chi connectivity index (χ0v) is 29.6. The number of ether oxygens (including phenoxy) is 2. The normalized spacial score (nSPS) is 22.8. The topological polar surface area (TPSA) is 143 Å². The molecule has 3 aromatic heterocycles. The lowest BCUT2D eigenvalue weighted by Crippen LogP contribution is -2.49. The first kappa shape index (κ1) is 32.1. The third kappa shape index (κ3) is 4.14. The number of benzene rings is 2. The summed E-state index contributed by atoms with van der Waals surface area (Å²) in [7, 11) is 6.00. The summed E-state index contributed by atoms with van der Waals surface area (Å²) >= 11 is 7.83. The number of allylic oxidation sites excluding steroid dienone is 2. The van der Waals surface area contributed by atoms with E-state index in [1.807, 2.05) is 31.2 Å². The van der Waals surface area contributed by atoms with Gasteiger partial charge in [-0.15, -0.1) is 11.3 Å². The quantitative estimate of drug-likeness (QED) is 0.207. The molecule has 258 valence electrons. The Hall–Kier alpha value is -5.08. The van der Waals surface area contributed by atoms with Crippen LogP contribution in [0.2, 0.25) is 5.02 Å². The number of hydrogen-bond acceptors (Lipinski definition) is 9. The lowest BCUT2D eigenvalue weighted by atomic mass is 9.56. The summed E-state index contributed by atoms with van der Waals surface area (Å²) in [6, 6.07) is 9.71. The molecule has 15 heteroatoms. The van der Waals surface area contributed by atoms with E-state index >= 15 is 4.79 Å². The number of phenolic OH excluding ortho intramolecular Hbond substituents is 1. The molecule has 1 aliphatic carbocycles. The van der Waals surface area contributed by atoms with E-state index in [0.29, 0.717) is 22.0 Å². The molecule has 50 heavy (non-hydrogen) atoms. The molecule has 5 heterocycles. The third-order valence-electron chi connectivity index (χ3n) is 10.8. The maximum Gasteiger partial charge on any atom is 0.347 e. The van der Waals surface area contributed by atoms with Crippen molar-refractivity contribution in [2.24, 2.45) is 25.4 Å². The molecule has 2 aromatic carbocycles. The van der Waals surface area contributed by atoms with Crippen LogP contribution in [0.5, 0.6) is 17.2 Å². The molecular weight excluding hydrogens is 684 g/mol. The van der Waals surface area contributed by atoms with Crippen molar-refractivity contribution in [1.29, 1.82) is 0 Å². The van der Waals surface area contributed by atoms with Crippen LogP contribution in [0.3, 0.4) is 0 Å². The van der Waals surface area contributed by atoms with Crippen LogP contribution in [0.1, 0.15) is 36.4 Å². The molecular formula is C35H33ClN6O7S. The zero-order valence-electron chi connectivity index (χ0n) is 28.1. The zero-order chi connectivity index (χ0) is 35.5. The minimum absolute atomic E-state index is 0.0634. The van der Waals surface area contributed by atoms with Gasteiger partial charge in [0.15, 0.2) is 0 Å². The van der Waals surface area contributed by atoms with Crippen LogP contribution in [0.15, 0.2) is 57.6 Å². The SMILES string of the molecule is COc1cc(O)c([C@H]2C3=CCn4c(=O)n(C)c(=O)n4[C@@H]3C[C@H]3C(=O)N(c4cc(-c5sc6ccc(Cl)cc6c5C)nn4C)C(=O)[C@@]23C)c(OC)c1. The molecule has 2 amide bonds. The highest BCUT2D eigenvalue weighted by Gasteiger charge is 2.66. The molecule has 0 unspecified atom stereocenters. The Bertz CT molecular complexity index is 2470. The van der Waals surface area contributed by atoms with Crippen LogP contribution >= 0.6 is 22.9 Å². The van der Waals surface area contributed by atoms with Crippen LogP contribution in [-0.2, 0) is 30.2 Å². The van der Waals surface area contributed by atoms with Crippen molar-refractivity contribution < 1.29 is 24.2 Å². The molecule has 3 aliphatic rings. The number of rotatable bonds is 5. The van der Waals surface area contributed by atoms with Crippen LogP contribution in [-0.4, -0.2) is 54.9 Å². The van der Waals surface area contributed by atoms with Crippen molar-refractivity contribution in [3.8, 4) is 27.8 Å². The van der Waals surface area contributed by atoms with Gasteiger partial charge in [-0.1, -0.05) is 17.7 Å². The van der Waals surface area contributed by atoms with E-state index < -0.39 is 46.5 Å². The Labute approximate surface area is 294 Å². The van der Waals surface area contributed by atoms with E-state index in [1.165, 1.54) is 46.3 Å². The number of carbonyl (C=O) groups excluding carboxylic acids is 2. The third-order valence-corrected chi connectivity index (χ3v) is 12.3. The first-order chi connectivity index (χ1) is 23.8. The summed E-state index contributed by atoms with van der Waals surface area (Å²) in [4.78, 5) is 58.4. The first-order valence-corrected chi connectivity index (χ1v) is 17.2. The predicted molar refractivity (Wildman–Crippen MR) is 187 cm³/mol. The average molecular weight is 717 g/mol. The maximum atomic E-state index is 15.0. The van der Waals surface area contributed by atoms with Gasteiger partial charge in [-0.3, -0.25) is 14.3 Å². The number of hydrogen-bond donors (Lipinski definition) is 1. The lowest BCUT2D eigenvalue weighted by Gasteiger charge is -2.47. The second-order valence-electron chi connectivity index (χ2n) is 13.2. The monoisotopic (exact) mass is 716 g/mol. The van der Waals surface area contributed by atoms with Gasteiger partial charge in [-0.05, 0) is 55.0 Å². The van der Waals surface area contributed by atoms with Crippen molar-refractivity contribution in [3.05, 3.63) is 85.2 Å². The number of nitrogens with zero attached hydrogens (tertiary/aromatic N) is 6. The van der Waals surface area contributed by atoms with Gasteiger partial charge < -0.3 is 14.6 Å². The van der Waals surface area contributed by atoms with E-state index in [0.717, 1.165) is 25.1 Å². The molecule has 2 fully saturated rings. The molecule has 0 radical (unpaired) electrons. The van der Waals surface area contributed by atoms with E-state index in [9.17, 15) is 19.5 Å². The Morgan fingerprint density at radius 3 is 2.52 bits per heavy atom. The van der Waals surface area contributed by atoms with Crippen LogP contribution in [0.4, 0.5) is 5.82 Å². The summed E-state index contributed by atoms with van der Waals surface area (Å²) in [6.45, 7) is 3.78. The largest absolute Gasteiger partial charge is 0.507 e. The minimum Gasteiger partial charge on any atom is -0.507 e. The molecule has 1 saturated carbocycles. The summed E-state index contributed by atoms with van der Waals surface area (Å²) in [5, 5.41) is 17.9. The summed E-state index contributed by atoms with van der Waals surface area (Å²) in [5.41, 5.74) is 0.0252. The van der Waals surface area contributed by atoms with Gasteiger partial charge in [-0.25, -0.2) is 28.4 Å². The lowest BCUT2D eigenvalue weighted by molar-refractivity contribution is -0.129. The first-order valence-electron chi connectivity index (χ1n) is 16.0. The van der Waals surface area contributed by atoms with Crippen LogP contribution in [0, 0.1) is 18.3 Å². The van der Waals surface area contributed by atoms with Crippen LogP contribution in [0.25, 0.3) is 20.7 Å². The van der Waals surface area contributed by atoms with E-state index in [4.69, 9.17) is 26.2 Å². The highest BCUT2D eigenvalue weighted by Crippen LogP contribution is 2.63. The summed E-state index contributed by atoms with van der Waals surface area (Å²) in [6.07, 6.45) is 1.89. The second-order valence-corrected chi connectivity index (χ2v) is 14.7. The van der Waals surface area contributed by atoms with Gasteiger partial charge in [0.1, 0.15) is 28.8 Å². The number of amides is 2. The average Bonchev–Trinajstić information content (AvgIpc) is 3.75. The van der Waals surface area contributed by atoms with Crippen LogP contribution < -0.4 is 25.8 Å². The number of imide groups is 1. The number of aromatic nitrogens is 5. The fourth-order valence-corrected chi connectivity index (χ4v) is 9.61. The number of fused-ring (bicyclic) bond motifs is 5. The van der Waals surface area contributed by atoms with Crippen molar-refractivity contribution in [2.75, 3.05) is 19.1 Å². The van der Waals surface area contributed by atoms with Gasteiger partial charge in [0.25, 0.3) is 0 Å². The minimum atomic E-state index is -1.44. The Balaban J connectivity index is 1.31. The molecule has 1 N–H and O–H groups in total. The van der Waals surface area contributed by atoms with Crippen molar-refractivity contribution in [2.45, 2.75) is 38.8 Å². The fourth-order valence-electron chi connectivity index (χ4n) is 8.29. The number of halogens is 1. The molecule has 8 rings (SSSR count). The molecule has 0 spiro atoms. The van der Waals surface area contributed by atoms with Gasteiger partial charge in [0.2, 0.25) is 11.8 Å². The van der Waals surface area contributed by atoms with E-state index in [2.05, 4.69) is 0 Å². The van der Waals surface area contributed by atoms with E-state index in [1.54, 1.807) is 37.4 Å². The van der Waals surface area contributed by atoms with Crippen molar-refractivity contribution >= 4 is 50.7 Å². The van der Waals surface area contributed by atoms with Crippen molar-refractivity contribution in [1.82, 2.24) is 23.7 Å². The number of anilines is 1. The van der Waals surface area contributed by atoms with Gasteiger partial charge in [0, 0.05) is 53.5 Å². The highest BCUT2D eigenvalue weighted by molar-refractivity contribution is 7.22. The number of methoxy groups -OCH3 is 2.